The standard InChI is InChI=1S/C14H16BrFN2O2/c15-11-7-10(8-12(16)9-11)14(20)17-4-2-6-18-5-1-3-13(18)19/h7-9H,1-6H2,(H,17,20). The third kappa shape index (κ3) is 4.03. The van der Waals surface area contributed by atoms with Gasteiger partial charge in [-0.2, -0.15) is 0 Å². The Kier molecular flexibility index (Phi) is 5.11. The lowest BCUT2D eigenvalue weighted by Gasteiger charge is -2.15. The lowest BCUT2D eigenvalue weighted by molar-refractivity contribution is -0.127. The normalized spacial score (nSPS) is 14.7. The van der Waals surface area contributed by atoms with Crippen molar-refractivity contribution in [1.82, 2.24) is 10.2 Å². The van der Waals surface area contributed by atoms with E-state index in [0.29, 0.717) is 30.4 Å². The van der Waals surface area contributed by atoms with Crippen LogP contribution >= 0.6 is 15.9 Å². The molecule has 2 amide bonds. The Morgan fingerprint density at radius 1 is 1.40 bits per heavy atom. The average Bonchev–Trinajstić information content (AvgIpc) is 2.79. The second kappa shape index (κ2) is 6.83. The van der Waals surface area contributed by atoms with E-state index in [4.69, 9.17) is 0 Å². The van der Waals surface area contributed by atoms with Crippen molar-refractivity contribution in [3.63, 3.8) is 0 Å². The summed E-state index contributed by atoms with van der Waals surface area (Å²) >= 11 is 3.15. The smallest absolute Gasteiger partial charge is 0.251 e. The molecule has 0 spiro atoms. The van der Waals surface area contributed by atoms with Gasteiger partial charge in [0, 0.05) is 36.1 Å². The molecule has 1 N–H and O–H groups in total. The van der Waals surface area contributed by atoms with Crippen molar-refractivity contribution in [3.05, 3.63) is 34.1 Å². The van der Waals surface area contributed by atoms with Crippen LogP contribution in [0.4, 0.5) is 4.39 Å². The first kappa shape index (κ1) is 15.0. The maximum absolute atomic E-state index is 13.2. The predicted octanol–water partition coefficient (Wildman–Crippen LogP) is 2.33. The molecule has 0 bridgehead atoms. The molecule has 1 saturated heterocycles. The molecule has 1 aromatic rings. The summed E-state index contributed by atoms with van der Waals surface area (Å²) in [5.74, 6) is -0.574. The molecule has 0 radical (unpaired) electrons. The van der Waals surface area contributed by atoms with E-state index in [1.807, 2.05) is 4.90 Å². The van der Waals surface area contributed by atoms with Gasteiger partial charge in [0.2, 0.25) is 5.91 Å². The van der Waals surface area contributed by atoms with Gasteiger partial charge in [-0.05, 0) is 31.0 Å². The van der Waals surface area contributed by atoms with E-state index < -0.39 is 5.82 Å². The van der Waals surface area contributed by atoms with E-state index in [1.54, 1.807) is 6.07 Å². The van der Waals surface area contributed by atoms with Gasteiger partial charge in [-0.15, -0.1) is 0 Å². The molecular weight excluding hydrogens is 327 g/mol. The lowest BCUT2D eigenvalue weighted by atomic mass is 10.2. The fourth-order valence-corrected chi connectivity index (χ4v) is 2.66. The van der Waals surface area contributed by atoms with E-state index in [9.17, 15) is 14.0 Å². The molecule has 1 aliphatic rings. The van der Waals surface area contributed by atoms with E-state index in [-0.39, 0.29) is 17.4 Å². The van der Waals surface area contributed by atoms with Crippen LogP contribution in [-0.4, -0.2) is 36.3 Å². The van der Waals surface area contributed by atoms with Crippen molar-refractivity contribution >= 4 is 27.7 Å². The largest absolute Gasteiger partial charge is 0.352 e. The van der Waals surface area contributed by atoms with E-state index in [1.165, 1.54) is 12.1 Å². The van der Waals surface area contributed by atoms with Crippen LogP contribution in [0.2, 0.25) is 0 Å². The Balaban J connectivity index is 1.76. The van der Waals surface area contributed by atoms with E-state index in [2.05, 4.69) is 21.2 Å². The van der Waals surface area contributed by atoms with Gasteiger partial charge < -0.3 is 10.2 Å². The first-order chi connectivity index (χ1) is 9.56. The zero-order valence-corrected chi connectivity index (χ0v) is 12.6. The highest BCUT2D eigenvalue weighted by Crippen LogP contribution is 2.15. The van der Waals surface area contributed by atoms with Crippen molar-refractivity contribution in [3.8, 4) is 0 Å². The highest BCUT2D eigenvalue weighted by Gasteiger charge is 2.19. The first-order valence-corrected chi connectivity index (χ1v) is 7.37. The minimum Gasteiger partial charge on any atom is -0.352 e. The van der Waals surface area contributed by atoms with Crippen LogP contribution < -0.4 is 5.32 Å². The van der Waals surface area contributed by atoms with Crippen LogP contribution in [0.15, 0.2) is 22.7 Å². The third-order valence-corrected chi connectivity index (χ3v) is 3.64. The van der Waals surface area contributed by atoms with E-state index in [0.717, 1.165) is 13.0 Å². The summed E-state index contributed by atoms with van der Waals surface area (Å²) in [4.78, 5) is 25.0. The molecule has 20 heavy (non-hydrogen) atoms. The van der Waals surface area contributed by atoms with Crippen molar-refractivity contribution in [2.24, 2.45) is 0 Å². The monoisotopic (exact) mass is 342 g/mol. The Hall–Kier alpha value is -1.43. The number of carbonyl (C=O) groups is 2. The van der Waals surface area contributed by atoms with Crippen LogP contribution in [0.5, 0.6) is 0 Å². The summed E-state index contributed by atoms with van der Waals surface area (Å²) in [5.41, 5.74) is 0.286. The summed E-state index contributed by atoms with van der Waals surface area (Å²) < 4.78 is 13.7. The van der Waals surface area contributed by atoms with Crippen molar-refractivity contribution < 1.29 is 14.0 Å². The Morgan fingerprint density at radius 2 is 2.20 bits per heavy atom. The van der Waals surface area contributed by atoms with Crippen molar-refractivity contribution in [1.29, 1.82) is 0 Å². The van der Waals surface area contributed by atoms with Crippen LogP contribution in [0.3, 0.4) is 0 Å². The summed E-state index contributed by atoms with van der Waals surface area (Å²) in [6.45, 7) is 1.94. The summed E-state index contributed by atoms with van der Waals surface area (Å²) in [6, 6.07) is 4.07. The molecule has 1 fully saturated rings. The quantitative estimate of drug-likeness (QED) is 0.835. The van der Waals surface area contributed by atoms with Gasteiger partial charge >= 0.3 is 0 Å². The third-order valence-electron chi connectivity index (χ3n) is 3.19. The number of benzene rings is 1. The predicted molar refractivity (Wildman–Crippen MR) is 76.9 cm³/mol. The average molecular weight is 343 g/mol. The zero-order valence-electron chi connectivity index (χ0n) is 11.0. The second-order valence-electron chi connectivity index (χ2n) is 4.75. The van der Waals surface area contributed by atoms with Crippen LogP contribution in [0.25, 0.3) is 0 Å². The van der Waals surface area contributed by atoms with Gasteiger partial charge in [-0.1, -0.05) is 15.9 Å². The van der Waals surface area contributed by atoms with Gasteiger partial charge in [0.15, 0.2) is 0 Å². The molecule has 0 aromatic heterocycles. The number of likely N-dealkylation sites (tertiary alicyclic amines) is 1. The van der Waals surface area contributed by atoms with Crippen molar-refractivity contribution in [2.45, 2.75) is 19.3 Å². The lowest BCUT2D eigenvalue weighted by Crippen LogP contribution is -2.30. The Labute approximate surface area is 125 Å². The van der Waals surface area contributed by atoms with Crippen LogP contribution in [0, 0.1) is 5.82 Å². The number of halogens is 2. The van der Waals surface area contributed by atoms with E-state index >= 15 is 0 Å². The highest BCUT2D eigenvalue weighted by molar-refractivity contribution is 9.10. The maximum Gasteiger partial charge on any atom is 0.251 e. The molecule has 2 rings (SSSR count). The van der Waals surface area contributed by atoms with Crippen molar-refractivity contribution in [2.75, 3.05) is 19.6 Å². The Morgan fingerprint density at radius 3 is 2.85 bits per heavy atom. The summed E-state index contributed by atoms with van der Waals surface area (Å²) in [5, 5.41) is 2.73. The SMILES string of the molecule is O=C(NCCCN1CCCC1=O)c1cc(F)cc(Br)c1. The maximum atomic E-state index is 13.2. The number of hydrogen-bond acceptors (Lipinski definition) is 2. The number of amides is 2. The van der Waals surface area contributed by atoms with Crippen LogP contribution in [-0.2, 0) is 4.79 Å². The number of rotatable bonds is 5. The van der Waals surface area contributed by atoms with Crippen LogP contribution in [0.1, 0.15) is 29.6 Å². The fourth-order valence-electron chi connectivity index (χ4n) is 2.20. The molecule has 0 atom stereocenters. The second-order valence-corrected chi connectivity index (χ2v) is 5.67. The Bertz CT molecular complexity index is 502. The number of nitrogens with one attached hydrogen (secondary N) is 1. The molecule has 6 heteroatoms. The zero-order chi connectivity index (χ0) is 14.5. The molecule has 0 aliphatic carbocycles. The first-order valence-electron chi connectivity index (χ1n) is 6.58. The summed E-state index contributed by atoms with van der Waals surface area (Å²) in [7, 11) is 0. The highest BCUT2D eigenvalue weighted by atomic mass is 79.9. The number of carbonyl (C=O) groups excluding carboxylic acids is 2. The van der Waals surface area contributed by atoms with Gasteiger partial charge in [0.1, 0.15) is 5.82 Å². The molecule has 0 saturated carbocycles. The summed E-state index contributed by atoms with van der Waals surface area (Å²) in [6.07, 6.45) is 2.25. The van der Waals surface area contributed by atoms with Gasteiger partial charge in [-0.3, -0.25) is 9.59 Å². The molecular formula is C14H16BrFN2O2. The topological polar surface area (TPSA) is 49.4 Å². The van der Waals surface area contributed by atoms with Gasteiger partial charge in [0.25, 0.3) is 5.91 Å². The molecule has 4 nitrogen and oxygen atoms in total. The molecule has 1 heterocycles. The van der Waals surface area contributed by atoms with Gasteiger partial charge in [0.05, 0.1) is 0 Å². The molecule has 0 unspecified atom stereocenters. The molecule has 1 aromatic carbocycles. The molecule has 108 valence electrons. The minimum absolute atomic E-state index is 0.186. The fraction of sp³-hybridized carbons (Fsp3) is 0.429. The molecule has 1 aliphatic heterocycles. The minimum atomic E-state index is -0.452. The number of nitrogens with zero attached hydrogens (tertiary/aromatic N) is 1. The number of hydrogen-bond donors (Lipinski definition) is 1. The van der Waals surface area contributed by atoms with Gasteiger partial charge in [-0.25, -0.2) is 4.39 Å².